The quantitative estimate of drug-likeness (QED) is 0.782. The van der Waals surface area contributed by atoms with Gasteiger partial charge in [0.1, 0.15) is 11.9 Å². The first kappa shape index (κ1) is 11.0. The van der Waals surface area contributed by atoms with Crippen LogP contribution >= 0.6 is 0 Å². The number of urea groups is 1. The number of pyridine rings is 1. The molecular weight excluding hydrogens is 192 g/mol. The normalized spacial score (nSPS) is 9.07. The maximum atomic E-state index is 11.2. The molecule has 0 unspecified atom stereocenters. The summed E-state index contributed by atoms with van der Waals surface area (Å²) in [7, 11) is 0. The van der Waals surface area contributed by atoms with Crippen molar-refractivity contribution in [2.24, 2.45) is 0 Å². The molecule has 2 N–H and O–H groups in total. The Balaban J connectivity index is 2.50. The van der Waals surface area contributed by atoms with E-state index in [4.69, 9.17) is 5.26 Å². The fraction of sp³-hybridized carbons (Fsp3) is 0.300. The van der Waals surface area contributed by atoms with Gasteiger partial charge in [0, 0.05) is 12.7 Å². The summed E-state index contributed by atoms with van der Waals surface area (Å²) in [5.41, 5.74) is 0.467. The zero-order chi connectivity index (χ0) is 11.1. The molecule has 0 fully saturated rings. The number of carbonyl (C=O) groups excluding carboxylic acids is 1. The Kier molecular flexibility index (Phi) is 4.10. The molecule has 0 bridgehead atoms. The van der Waals surface area contributed by atoms with E-state index in [1.807, 2.05) is 13.0 Å². The Labute approximate surface area is 88.1 Å². The van der Waals surface area contributed by atoms with E-state index in [2.05, 4.69) is 15.6 Å². The molecule has 0 radical (unpaired) electrons. The standard InChI is InChI=1S/C10H12N4O/c1-2-5-12-10(15)14-9-4-3-8(6-11)7-13-9/h3-4,7H,2,5H2,1H3,(H2,12,13,14,15). The Morgan fingerprint density at radius 2 is 2.40 bits per heavy atom. The molecule has 1 aromatic heterocycles. The van der Waals surface area contributed by atoms with E-state index in [1.165, 1.54) is 6.20 Å². The number of anilines is 1. The highest BCUT2D eigenvalue weighted by Crippen LogP contribution is 2.03. The number of rotatable bonds is 3. The number of carbonyl (C=O) groups is 1. The van der Waals surface area contributed by atoms with Gasteiger partial charge < -0.3 is 5.32 Å². The number of nitrogens with one attached hydrogen (secondary N) is 2. The molecule has 1 heterocycles. The van der Waals surface area contributed by atoms with Crippen molar-refractivity contribution in [2.75, 3.05) is 11.9 Å². The van der Waals surface area contributed by atoms with E-state index in [0.717, 1.165) is 6.42 Å². The number of hydrogen-bond donors (Lipinski definition) is 2. The van der Waals surface area contributed by atoms with Crippen molar-refractivity contribution in [1.29, 1.82) is 5.26 Å². The minimum atomic E-state index is -0.283. The summed E-state index contributed by atoms with van der Waals surface area (Å²) in [4.78, 5) is 15.1. The van der Waals surface area contributed by atoms with E-state index in [1.54, 1.807) is 12.1 Å². The third-order valence-electron chi connectivity index (χ3n) is 1.67. The van der Waals surface area contributed by atoms with Crippen molar-refractivity contribution in [3.8, 4) is 6.07 Å². The highest BCUT2D eigenvalue weighted by atomic mass is 16.2. The summed E-state index contributed by atoms with van der Waals surface area (Å²) >= 11 is 0. The van der Waals surface area contributed by atoms with Gasteiger partial charge in [-0.05, 0) is 18.6 Å². The fourth-order valence-electron chi connectivity index (χ4n) is 0.933. The number of nitrogens with zero attached hydrogens (tertiary/aromatic N) is 2. The highest BCUT2D eigenvalue weighted by molar-refractivity contribution is 5.88. The number of amides is 2. The van der Waals surface area contributed by atoms with Crippen LogP contribution in [0.15, 0.2) is 18.3 Å². The van der Waals surface area contributed by atoms with Crippen LogP contribution in [0, 0.1) is 11.3 Å². The molecule has 0 aliphatic heterocycles. The van der Waals surface area contributed by atoms with Gasteiger partial charge in [-0.25, -0.2) is 9.78 Å². The van der Waals surface area contributed by atoms with Gasteiger partial charge in [-0.3, -0.25) is 5.32 Å². The number of aromatic nitrogens is 1. The van der Waals surface area contributed by atoms with Gasteiger partial charge >= 0.3 is 6.03 Å². The van der Waals surface area contributed by atoms with Gasteiger partial charge in [0.05, 0.1) is 5.56 Å². The molecule has 5 heteroatoms. The van der Waals surface area contributed by atoms with Crippen molar-refractivity contribution < 1.29 is 4.79 Å². The Morgan fingerprint density at radius 3 is 2.93 bits per heavy atom. The molecule has 15 heavy (non-hydrogen) atoms. The largest absolute Gasteiger partial charge is 0.338 e. The van der Waals surface area contributed by atoms with Crippen molar-refractivity contribution in [1.82, 2.24) is 10.3 Å². The summed E-state index contributed by atoms with van der Waals surface area (Å²) in [6.07, 6.45) is 2.30. The monoisotopic (exact) mass is 204 g/mol. The third-order valence-corrected chi connectivity index (χ3v) is 1.67. The van der Waals surface area contributed by atoms with Crippen LogP contribution in [0.3, 0.4) is 0 Å². The van der Waals surface area contributed by atoms with Crippen LogP contribution in [0.2, 0.25) is 0 Å². The molecule has 1 aromatic rings. The van der Waals surface area contributed by atoms with Gasteiger partial charge in [0.2, 0.25) is 0 Å². The zero-order valence-electron chi connectivity index (χ0n) is 8.45. The second-order valence-corrected chi connectivity index (χ2v) is 2.92. The van der Waals surface area contributed by atoms with E-state index in [0.29, 0.717) is 17.9 Å². The molecular formula is C10H12N4O. The summed E-state index contributed by atoms with van der Waals surface area (Å²) in [5.74, 6) is 0.433. The van der Waals surface area contributed by atoms with Gasteiger partial charge in [0.25, 0.3) is 0 Å². The number of hydrogen-bond acceptors (Lipinski definition) is 3. The smallest absolute Gasteiger partial charge is 0.320 e. The van der Waals surface area contributed by atoms with Crippen molar-refractivity contribution in [2.45, 2.75) is 13.3 Å². The van der Waals surface area contributed by atoms with E-state index in [-0.39, 0.29) is 6.03 Å². The van der Waals surface area contributed by atoms with Gasteiger partial charge in [-0.2, -0.15) is 5.26 Å². The van der Waals surface area contributed by atoms with E-state index >= 15 is 0 Å². The van der Waals surface area contributed by atoms with Crippen LogP contribution in [0.5, 0.6) is 0 Å². The SMILES string of the molecule is CCCNC(=O)Nc1ccc(C#N)cn1. The zero-order valence-corrected chi connectivity index (χ0v) is 8.45. The number of nitriles is 1. The van der Waals surface area contributed by atoms with E-state index < -0.39 is 0 Å². The van der Waals surface area contributed by atoms with Crippen LogP contribution in [-0.4, -0.2) is 17.6 Å². The fourth-order valence-corrected chi connectivity index (χ4v) is 0.933. The predicted octanol–water partition coefficient (Wildman–Crippen LogP) is 1.48. The first-order valence-electron chi connectivity index (χ1n) is 4.67. The van der Waals surface area contributed by atoms with Gasteiger partial charge in [0.15, 0.2) is 0 Å². The summed E-state index contributed by atoms with van der Waals surface area (Å²) < 4.78 is 0. The average molecular weight is 204 g/mol. The maximum Gasteiger partial charge on any atom is 0.320 e. The second kappa shape index (κ2) is 5.60. The van der Waals surface area contributed by atoms with Crippen LogP contribution in [0.25, 0.3) is 0 Å². The van der Waals surface area contributed by atoms with Crippen LogP contribution in [0.1, 0.15) is 18.9 Å². The minimum absolute atomic E-state index is 0.283. The Bertz CT molecular complexity index is 366. The average Bonchev–Trinajstić information content (AvgIpc) is 2.27. The molecule has 0 saturated heterocycles. The van der Waals surface area contributed by atoms with Crippen molar-refractivity contribution >= 4 is 11.8 Å². The lowest BCUT2D eigenvalue weighted by molar-refractivity contribution is 0.252. The van der Waals surface area contributed by atoms with Crippen LogP contribution in [-0.2, 0) is 0 Å². The summed E-state index contributed by atoms with van der Waals surface area (Å²) in [5, 5.41) is 13.7. The molecule has 5 nitrogen and oxygen atoms in total. The molecule has 0 aliphatic carbocycles. The molecule has 1 rings (SSSR count). The summed E-state index contributed by atoms with van der Waals surface area (Å²) in [6.45, 7) is 2.60. The highest BCUT2D eigenvalue weighted by Gasteiger charge is 2.00. The molecule has 0 aliphatic rings. The molecule has 0 aromatic carbocycles. The lowest BCUT2D eigenvalue weighted by Crippen LogP contribution is -2.29. The maximum absolute atomic E-state index is 11.2. The third kappa shape index (κ3) is 3.65. The molecule has 2 amide bonds. The lowest BCUT2D eigenvalue weighted by atomic mass is 10.3. The molecule has 0 spiro atoms. The molecule has 78 valence electrons. The van der Waals surface area contributed by atoms with Gasteiger partial charge in [-0.1, -0.05) is 6.92 Å². The second-order valence-electron chi connectivity index (χ2n) is 2.92. The van der Waals surface area contributed by atoms with Crippen LogP contribution in [0.4, 0.5) is 10.6 Å². The molecule has 0 atom stereocenters. The topological polar surface area (TPSA) is 77.8 Å². The van der Waals surface area contributed by atoms with E-state index in [9.17, 15) is 4.79 Å². The summed E-state index contributed by atoms with van der Waals surface area (Å²) in [6, 6.07) is 4.85. The first-order valence-corrected chi connectivity index (χ1v) is 4.67. The van der Waals surface area contributed by atoms with Crippen molar-refractivity contribution in [3.05, 3.63) is 23.9 Å². The lowest BCUT2D eigenvalue weighted by Gasteiger charge is -2.05. The first-order chi connectivity index (χ1) is 7.26. The predicted molar refractivity (Wildman–Crippen MR) is 56.3 cm³/mol. The molecule has 0 saturated carbocycles. The Morgan fingerprint density at radius 1 is 1.60 bits per heavy atom. The van der Waals surface area contributed by atoms with Gasteiger partial charge in [-0.15, -0.1) is 0 Å². The Hall–Kier alpha value is -2.09. The minimum Gasteiger partial charge on any atom is -0.338 e. The van der Waals surface area contributed by atoms with Crippen LogP contribution < -0.4 is 10.6 Å². The van der Waals surface area contributed by atoms with Crippen molar-refractivity contribution in [3.63, 3.8) is 0 Å².